The van der Waals surface area contributed by atoms with Crippen LogP contribution in [-0.4, -0.2) is 10.9 Å². The lowest BCUT2D eigenvalue weighted by molar-refractivity contribution is 0.102. The van der Waals surface area contributed by atoms with Crippen LogP contribution in [-0.2, 0) is 0 Å². The first-order chi connectivity index (χ1) is 10.5. The summed E-state index contributed by atoms with van der Waals surface area (Å²) in [6.45, 7) is 0. The van der Waals surface area contributed by atoms with Crippen LogP contribution in [0.25, 0.3) is 10.9 Å². The third kappa shape index (κ3) is 2.78. The molecule has 0 aliphatic carbocycles. The Morgan fingerprint density at radius 3 is 2.68 bits per heavy atom. The van der Waals surface area contributed by atoms with Crippen molar-refractivity contribution in [3.8, 4) is 0 Å². The predicted molar refractivity (Wildman–Crippen MR) is 86.6 cm³/mol. The molecule has 2 aromatic carbocycles. The van der Waals surface area contributed by atoms with Crippen LogP contribution in [0.3, 0.4) is 0 Å². The van der Waals surface area contributed by atoms with E-state index in [2.05, 4.69) is 26.2 Å². The molecule has 0 aliphatic rings. The molecule has 0 saturated heterocycles. The number of nitrogens with one attached hydrogen (secondary N) is 2. The van der Waals surface area contributed by atoms with Crippen molar-refractivity contribution in [2.24, 2.45) is 0 Å². The number of aromatic amines is 1. The number of aromatic nitrogens is 1. The summed E-state index contributed by atoms with van der Waals surface area (Å²) in [6.07, 6.45) is 0. The summed E-state index contributed by atoms with van der Waals surface area (Å²) in [5.41, 5.74) is 0.311. The van der Waals surface area contributed by atoms with Crippen molar-refractivity contribution >= 4 is 38.4 Å². The topological polar surface area (TPSA) is 62.0 Å². The second-order valence-electron chi connectivity index (χ2n) is 4.68. The van der Waals surface area contributed by atoms with Gasteiger partial charge in [-0.2, -0.15) is 0 Å². The lowest BCUT2D eigenvalue weighted by Crippen LogP contribution is -2.23. The largest absolute Gasteiger partial charge is 0.321 e. The molecule has 0 unspecified atom stereocenters. The molecule has 0 saturated carbocycles. The van der Waals surface area contributed by atoms with E-state index in [0.717, 1.165) is 0 Å². The van der Waals surface area contributed by atoms with Crippen molar-refractivity contribution in [3.63, 3.8) is 0 Å². The number of anilines is 1. The van der Waals surface area contributed by atoms with Crippen LogP contribution in [0.4, 0.5) is 10.1 Å². The smallest absolute Gasteiger partial charge is 0.261 e. The highest BCUT2D eigenvalue weighted by molar-refractivity contribution is 9.10. The molecule has 0 fully saturated rings. The maximum Gasteiger partial charge on any atom is 0.261 e. The van der Waals surface area contributed by atoms with Gasteiger partial charge >= 0.3 is 0 Å². The molecule has 0 atom stereocenters. The Labute approximate surface area is 133 Å². The highest BCUT2D eigenvalue weighted by Crippen LogP contribution is 2.22. The van der Waals surface area contributed by atoms with Crippen LogP contribution >= 0.6 is 15.9 Å². The van der Waals surface area contributed by atoms with Gasteiger partial charge in [0, 0.05) is 4.47 Å². The number of para-hydroxylation sites is 1. The molecular formula is C16H10BrFN2O2. The SMILES string of the molecule is O=C(Nc1ccccc1Br)c1cc2ccc(F)cc2[nH]c1=O. The molecule has 3 rings (SSSR count). The molecule has 2 N–H and O–H groups in total. The van der Waals surface area contributed by atoms with Gasteiger partial charge in [-0.3, -0.25) is 9.59 Å². The fourth-order valence-corrected chi connectivity index (χ4v) is 2.48. The van der Waals surface area contributed by atoms with E-state index in [4.69, 9.17) is 0 Å². The molecule has 22 heavy (non-hydrogen) atoms. The molecule has 0 bridgehead atoms. The van der Waals surface area contributed by atoms with Crippen LogP contribution in [0.15, 0.2) is 57.8 Å². The minimum Gasteiger partial charge on any atom is -0.321 e. The number of halogens is 2. The average molecular weight is 361 g/mol. The number of hydrogen-bond donors (Lipinski definition) is 2. The summed E-state index contributed by atoms with van der Waals surface area (Å²) in [4.78, 5) is 26.8. The van der Waals surface area contributed by atoms with Gasteiger partial charge in [0.05, 0.1) is 11.2 Å². The fourth-order valence-electron chi connectivity index (χ4n) is 2.09. The number of carbonyl (C=O) groups excluding carboxylic acids is 1. The van der Waals surface area contributed by atoms with E-state index in [1.165, 1.54) is 24.3 Å². The van der Waals surface area contributed by atoms with Gasteiger partial charge in [0.1, 0.15) is 11.4 Å². The molecule has 1 heterocycles. The standard InChI is InChI=1S/C16H10BrFN2O2/c17-12-3-1-2-4-13(12)19-15(21)11-7-9-5-6-10(18)8-14(9)20-16(11)22/h1-8H,(H,19,21)(H,20,22). The van der Waals surface area contributed by atoms with Gasteiger partial charge in [-0.05, 0) is 57.7 Å². The number of rotatable bonds is 2. The number of H-pyrrole nitrogens is 1. The van der Waals surface area contributed by atoms with Crippen LogP contribution < -0.4 is 10.9 Å². The van der Waals surface area contributed by atoms with Gasteiger partial charge in [0.15, 0.2) is 0 Å². The summed E-state index contributed by atoms with van der Waals surface area (Å²) in [7, 11) is 0. The van der Waals surface area contributed by atoms with E-state index in [1.54, 1.807) is 18.2 Å². The molecule has 110 valence electrons. The number of benzene rings is 2. The second kappa shape index (κ2) is 5.73. The van der Waals surface area contributed by atoms with Crippen LogP contribution in [0.5, 0.6) is 0 Å². The van der Waals surface area contributed by atoms with E-state index >= 15 is 0 Å². The molecule has 0 aliphatic heterocycles. The summed E-state index contributed by atoms with van der Waals surface area (Å²) in [6, 6.07) is 12.5. The Hall–Kier alpha value is -2.47. The number of carbonyl (C=O) groups is 1. The van der Waals surface area contributed by atoms with Crippen molar-refractivity contribution in [3.05, 3.63) is 74.7 Å². The minimum absolute atomic E-state index is 0.0325. The van der Waals surface area contributed by atoms with Gasteiger partial charge in [-0.25, -0.2) is 4.39 Å². The zero-order chi connectivity index (χ0) is 15.7. The van der Waals surface area contributed by atoms with E-state index < -0.39 is 17.3 Å². The third-order valence-corrected chi connectivity index (χ3v) is 3.87. The van der Waals surface area contributed by atoms with E-state index in [1.807, 2.05) is 6.07 Å². The van der Waals surface area contributed by atoms with Gasteiger partial charge in [0.2, 0.25) is 0 Å². The molecular weight excluding hydrogens is 351 g/mol. The van der Waals surface area contributed by atoms with Gasteiger partial charge in [0.25, 0.3) is 11.5 Å². The fraction of sp³-hybridized carbons (Fsp3) is 0. The van der Waals surface area contributed by atoms with Crippen molar-refractivity contribution < 1.29 is 9.18 Å². The van der Waals surface area contributed by atoms with Crippen LogP contribution in [0, 0.1) is 5.82 Å². The maximum absolute atomic E-state index is 13.2. The van der Waals surface area contributed by atoms with Crippen molar-refractivity contribution in [2.75, 3.05) is 5.32 Å². The molecule has 0 spiro atoms. The Bertz CT molecular complexity index is 937. The first-order valence-electron chi connectivity index (χ1n) is 6.43. The minimum atomic E-state index is -0.567. The Morgan fingerprint density at radius 2 is 1.91 bits per heavy atom. The monoisotopic (exact) mass is 360 g/mol. The summed E-state index contributed by atoms with van der Waals surface area (Å²) < 4.78 is 13.9. The van der Waals surface area contributed by atoms with Crippen LogP contribution in [0.2, 0.25) is 0 Å². The zero-order valence-electron chi connectivity index (χ0n) is 11.2. The zero-order valence-corrected chi connectivity index (χ0v) is 12.8. The quantitative estimate of drug-likeness (QED) is 0.732. The van der Waals surface area contributed by atoms with E-state index in [0.29, 0.717) is 21.1 Å². The molecule has 1 amide bonds. The lowest BCUT2D eigenvalue weighted by atomic mass is 10.1. The number of amides is 1. The molecule has 4 nitrogen and oxygen atoms in total. The van der Waals surface area contributed by atoms with Crippen molar-refractivity contribution in [1.29, 1.82) is 0 Å². The Balaban J connectivity index is 2.01. The van der Waals surface area contributed by atoms with Crippen molar-refractivity contribution in [2.45, 2.75) is 0 Å². The molecule has 3 aromatic rings. The summed E-state index contributed by atoms with van der Waals surface area (Å²) in [5, 5.41) is 3.25. The van der Waals surface area contributed by atoms with E-state index in [-0.39, 0.29) is 5.56 Å². The Morgan fingerprint density at radius 1 is 1.14 bits per heavy atom. The van der Waals surface area contributed by atoms with Gasteiger partial charge < -0.3 is 10.3 Å². The first-order valence-corrected chi connectivity index (χ1v) is 7.22. The molecule has 1 aromatic heterocycles. The maximum atomic E-state index is 13.2. The molecule has 6 heteroatoms. The average Bonchev–Trinajstić information content (AvgIpc) is 2.48. The molecule has 0 radical (unpaired) electrons. The van der Waals surface area contributed by atoms with E-state index in [9.17, 15) is 14.0 Å². The summed E-state index contributed by atoms with van der Waals surface area (Å²) >= 11 is 3.32. The van der Waals surface area contributed by atoms with Crippen LogP contribution in [0.1, 0.15) is 10.4 Å². The second-order valence-corrected chi connectivity index (χ2v) is 5.53. The predicted octanol–water partition coefficient (Wildman–Crippen LogP) is 3.68. The normalized spacial score (nSPS) is 10.6. The van der Waals surface area contributed by atoms with Gasteiger partial charge in [-0.1, -0.05) is 12.1 Å². The van der Waals surface area contributed by atoms with Gasteiger partial charge in [-0.15, -0.1) is 0 Å². The highest BCUT2D eigenvalue weighted by Gasteiger charge is 2.13. The lowest BCUT2D eigenvalue weighted by Gasteiger charge is -2.07. The highest BCUT2D eigenvalue weighted by atomic mass is 79.9. The first kappa shape index (κ1) is 14.5. The number of hydrogen-bond acceptors (Lipinski definition) is 2. The number of fused-ring (bicyclic) bond motifs is 1. The third-order valence-electron chi connectivity index (χ3n) is 3.17. The Kier molecular flexibility index (Phi) is 3.77. The number of pyridine rings is 1. The summed E-state index contributed by atoms with van der Waals surface area (Å²) in [5.74, 6) is -0.979. The van der Waals surface area contributed by atoms with Crippen molar-refractivity contribution in [1.82, 2.24) is 4.98 Å².